The molecule has 23 heavy (non-hydrogen) atoms. The van der Waals surface area contributed by atoms with E-state index in [0.717, 1.165) is 15.8 Å². The minimum absolute atomic E-state index is 0.382. The number of ether oxygens (including phenoxy) is 1. The fraction of sp³-hybridized carbons (Fsp3) is 0.0556. The summed E-state index contributed by atoms with van der Waals surface area (Å²) >= 11 is 1.48. The molecule has 0 spiro atoms. The molecule has 0 amide bonds. The zero-order chi connectivity index (χ0) is 16.2. The Hall–Kier alpha value is -2.97. The third-order valence-corrected chi connectivity index (χ3v) is 4.36. The van der Waals surface area contributed by atoms with E-state index in [1.54, 1.807) is 30.3 Å². The summed E-state index contributed by atoms with van der Waals surface area (Å²) in [5.74, 6) is -0.382. The number of para-hydroxylation sites is 1. The quantitative estimate of drug-likeness (QED) is 0.537. The molecule has 0 saturated carbocycles. The number of allylic oxidation sites excluding steroid dienone is 1. The van der Waals surface area contributed by atoms with Crippen LogP contribution in [0.25, 0.3) is 21.9 Å². The Labute approximate surface area is 137 Å². The molecule has 0 aliphatic carbocycles. The van der Waals surface area contributed by atoms with Crippen LogP contribution in [-0.4, -0.2) is 18.1 Å². The van der Waals surface area contributed by atoms with E-state index >= 15 is 0 Å². The van der Waals surface area contributed by atoms with Gasteiger partial charge >= 0.3 is 5.97 Å². The molecule has 0 aliphatic heterocycles. The van der Waals surface area contributed by atoms with Crippen molar-refractivity contribution < 1.29 is 9.53 Å². The highest BCUT2D eigenvalue weighted by Gasteiger charge is 2.09. The Morgan fingerprint density at radius 2 is 1.96 bits per heavy atom. The maximum atomic E-state index is 11.4. The number of nitriles is 1. The third-order valence-electron chi connectivity index (χ3n) is 3.29. The summed E-state index contributed by atoms with van der Waals surface area (Å²) < 4.78 is 5.71. The van der Waals surface area contributed by atoms with Crippen molar-refractivity contribution in [2.75, 3.05) is 7.11 Å². The Morgan fingerprint density at radius 1 is 1.22 bits per heavy atom. The number of aromatic nitrogens is 1. The van der Waals surface area contributed by atoms with E-state index in [0.29, 0.717) is 16.1 Å². The van der Waals surface area contributed by atoms with Crippen LogP contribution in [0, 0.1) is 11.3 Å². The molecule has 1 aromatic heterocycles. The van der Waals surface area contributed by atoms with Crippen molar-refractivity contribution in [1.82, 2.24) is 4.98 Å². The van der Waals surface area contributed by atoms with Crippen LogP contribution in [0.2, 0.25) is 0 Å². The molecule has 0 aliphatic rings. The standard InChI is InChI=1S/C18H12N2O2S/c1-22-18(21)13-8-6-12(7-9-13)10-14(11-19)17-20-15-4-2-3-5-16(15)23-17/h2-10H,1H3/b14-10+. The van der Waals surface area contributed by atoms with Gasteiger partial charge < -0.3 is 4.74 Å². The first-order valence-electron chi connectivity index (χ1n) is 6.87. The molecule has 0 bridgehead atoms. The van der Waals surface area contributed by atoms with Gasteiger partial charge in [0.15, 0.2) is 0 Å². The minimum atomic E-state index is -0.382. The number of carbonyl (C=O) groups excluding carboxylic acids is 1. The maximum absolute atomic E-state index is 11.4. The van der Waals surface area contributed by atoms with Crippen molar-refractivity contribution >= 4 is 39.2 Å². The summed E-state index contributed by atoms with van der Waals surface area (Å²) in [6.45, 7) is 0. The van der Waals surface area contributed by atoms with E-state index in [9.17, 15) is 10.1 Å². The van der Waals surface area contributed by atoms with Gasteiger partial charge in [-0.05, 0) is 35.9 Å². The lowest BCUT2D eigenvalue weighted by atomic mass is 10.1. The fourth-order valence-electron chi connectivity index (χ4n) is 2.13. The molecule has 0 unspecified atom stereocenters. The van der Waals surface area contributed by atoms with E-state index in [1.807, 2.05) is 24.3 Å². The lowest BCUT2D eigenvalue weighted by Gasteiger charge is -2.00. The number of benzene rings is 2. The summed E-state index contributed by atoms with van der Waals surface area (Å²) in [4.78, 5) is 15.9. The zero-order valence-corrected chi connectivity index (χ0v) is 13.1. The monoisotopic (exact) mass is 320 g/mol. The molecule has 0 fully saturated rings. The first-order valence-corrected chi connectivity index (χ1v) is 7.69. The molecule has 1 heterocycles. The number of fused-ring (bicyclic) bond motifs is 1. The summed E-state index contributed by atoms with van der Waals surface area (Å²) in [6.07, 6.45) is 1.76. The third kappa shape index (κ3) is 3.12. The highest BCUT2D eigenvalue weighted by molar-refractivity contribution is 7.19. The number of carbonyl (C=O) groups is 1. The molecule has 3 rings (SSSR count). The number of methoxy groups -OCH3 is 1. The van der Waals surface area contributed by atoms with Crippen LogP contribution < -0.4 is 0 Å². The molecule has 3 aromatic rings. The summed E-state index contributed by atoms with van der Waals surface area (Å²) in [5.41, 5.74) is 2.68. The number of hydrogen-bond acceptors (Lipinski definition) is 5. The molecule has 0 saturated heterocycles. The smallest absolute Gasteiger partial charge is 0.337 e. The second-order valence-electron chi connectivity index (χ2n) is 4.77. The van der Waals surface area contributed by atoms with Crippen LogP contribution in [0.15, 0.2) is 48.5 Å². The van der Waals surface area contributed by atoms with Crippen LogP contribution >= 0.6 is 11.3 Å². The molecular formula is C18H12N2O2S. The van der Waals surface area contributed by atoms with Crippen LogP contribution in [0.3, 0.4) is 0 Å². The van der Waals surface area contributed by atoms with E-state index < -0.39 is 0 Å². The highest BCUT2D eigenvalue weighted by Crippen LogP contribution is 2.27. The SMILES string of the molecule is COC(=O)c1ccc(/C=C(\C#N)c2nc3ccccc3s2)cc1. The number of rotatable bonds is 3. The molecule has 0 N–H and O–H groups in total. The molecule has 0 radical (unpaired) electrons. The Morgan fingerprint density at radius 3 is 2.61 bits per heavy atom. The molecule has 0 atom stereocenters. The van der Waals surface area contributed by atoms with Crippen LogP contribution in [0.1, 0.15) is 20.9 Å². The second kappa shape index (κ2) is 6.42. The highest BCUT2D eigenvalue weighted by atomic mass is 32.1. The van der Waals surface area contributed by atoms with E-state index in [2.05, 4.69) is 15.8 Å². The van der Waals surface area contributed by atoms with Crippen LogP contribution in [-0.2, 0) is 4.74 Å². The van der Waals surface area contributed by atoms with Crippen molar-refractivity contribution in [3.63, 3.8) is 0 Å². The largest absolute Gasteiger partial charge is 0.465 e. The fourth-order valence-corrected chi connectivity index (χ4v) is 3.06. The lowest BCUT2D eigenvalue weighted by Crippen LogP contribution is -2.00. The average molecular weight is 320 g/mol. The zero-order valence-electron chi connectivity index (χ0n) is 12.3. The van der Waals surface area contributed by atoms with E-state index in [4.69, 9.17) is 0 Å². The van der Waals surface area contributed by atoms with Gasteiger partial charge in [-0.25, -0.2) is 9.78 Å². The van der Waals surface area contributed by atoms with Crippen LogP contribution in [0.5, 0.6) is 0 Å². The number of nitrogens with zero attached hydrogens (tertiary/aromatic N) is 2. The van der Waals surface area contributed by atoms with Crippen molar-refractivity contribution in [2.45, 2.75) is 0 Å². The summed E-state index contributed by atoms with van der Waals surface area (Å²) in [7, 11) is 1.34. The predicted molar refractivity (Wildman–Crippen MR) is 90.9 cm³/mol. The van der Waals surface area contributed by atoms with E-state index in [1.165, 1.54) is 18.4 Å². The van der Waals surface area contributed by atoms with Crippen LogP contribution in [0.4, 0.5) is 0 Å². The van der Waals surface area contributed by atoms with Crippen molar-refractivity contribution in [2.24, 2.45) is 0 Å². The van der Waals surface area contributed by atoms with Gasteiger partial charge in [-0.2, -0.15) is 5.26 Å². The molecule has 4 nitrogen and oxygen atoms in total. The van der Waals surface area contributed by atoms with Crippen molar-refractivity contribution in [3.8, 4) is 6.07 Å². The first-order chi connectivity index (χ1) is 11.2. The molecule has 2 aromatic carbocycles. The van der Waals surface area contributed by atoms with Gasteiger partial charge in [0.1, 0.15) is 11.1 Å². The maximum Gasteiger partial charge on any atom is 0.337 e. The van der Waals surface area contributed by atoms with Gasteiger partial charge in [0.2, 0.25) is 0 Å². The number of thiazole rings is 1. The summed E-state index contributed by atoms with van der Waals surface area (Å²) in [5, 5.41) is 10.1. The van der Waals surface area contributed by atoms with Gasteiger partial charge in [-0.3, -0.25) is 0 Å². The van der Waals surface area contributed by atoms with Crippen molar-refractivity contribution in [1.29, 1.82) is 5.26 Å². The Bertz CT molecular complexity index is 901. The molecule has 5 heteroatoms. The van der Waals surface area contributed by atoms with Gasteiger partial charge in [0, 0.05) is 0 Å². The molecule has 112 valence electrons. The first kappa shape index (κ1) is 14.9. The van der Waals surface area contributed by atoms with Gasteiger partial charge in [0.25, 0.3) is 0 Å². The normalized spacial score (nSPS) is 11.2. The Kier molecular flexibility index (Phi) is 4.18. The van der Waals surface area contributed by atoms with Gasteiger partial charge in [-0.15, -0.1) is 11.3 Å². The number of esters is 1. The van der Waals surface area contributed by atoms with E-state index in [-0.39, 0.29) is 5.97 Å². The number of hydrogen-bond donors (Lipinski definition) is 0. The minimum Gasteiger partial charge on any atom is -0.465 e. The molecular weight excluding hydrogens is 308 g/mol. The van der Waals surface area contributed by atoms with Gasteiger partial charge in [-0.1, -0.05) is 24.3 Å². The Balaban J connectivity index is 1.95. The topological polar surface area (TPSA) is 63.0 Å². The second-order valence-corrected chi connectivity index (χ2v) is 5.80. The van der Waals surface area contributed by atoms with Gasteiger partial charge in [0.05, 0.1) is 28.5 Å². The lowest BCUT2D eigenvalue weighted by molar-refractivity contribution is 0.0600. The van der Waals surface area contributed by atoms with Crippen molar-refractivity contribution in [3.05, 3.63) is 64.7 Å². The predicted octanol–water partition coefficient (Wildman–Crippen LogP) is 4.15. The summed E-state index contributed by atoms with van der Waals surface area (Å²) in [6, 6.07) is 16.9. The average Bonchev–Trinajstić information content (AvgIpc) is 3.03.